The van der Waals surface area contributed by atoms with Crippen molar-refractivity contribution in [3.8, 4) is 0 Å². The van der Waals surface area contributed by atoms with E-state index >= 15 is 0 Å². The zero-order valence-electron chi connectivity index (χ0n) is 7.95. The predicted molar refractivity (Wildman–Crippen MR) is 61.8 cm³/mol. The van der Waals surface area contributed by atoms with Crippen molar-refractivity contribution in [3.05, 3.63) is 29.3 Å². The van der Waals surface area contributed by atoms with E-state index in [9.17, 15) is 4.79 Å². The molecule has 1 heterocycles. The van der Waals surface area contributed by atoms with Crippen LogP contribution in [-0.4, -0.2) is 21.3 Å². The topological polar surface area (TPSA) is 89.1 Å². The molecule has 0 fully saturated rings. The molecule has 0 aliphatic heterocycles. The van der Waals surface area contributed by atoms with Crippen LogP contribution in [-0.2, 0) is 0 Å². The van der Waals surface area contributed by atoms with Crippen molar-refractivity contribution >= 4 is 34.8 Å². The standard InChI is InChI=1S/C9H7N3O2S2/c10-7-3-5(1-2-6(7)8(13)14)16-9-12-11-4-15-9/h1-4H,10H2,(H,13,14). The molecule has 0 amide bonds. The Kier molecular flexibility index (Phi) is 3.07. The van der Waals surface area contributed by atoms with Gasteiger partial charge in [0.05, 0.1) is 5.56 Å². The summed E-state index contributed by atoms with van der Waals surface area (Å²) >= 11 is 2.82. The highest BCUT2D eigenvalue weighted by atomic mass is 32.2. The summed E-state index contributed by atoms with van der Waals surface area (Å²) in [6.45, 7) is 0. The Morgan fingerprint density at radius 3 is 2.88 bits per heavy atom. The molecule has 5 nitrogen and oxygen atoms in total. The number of rotatable bonds is 3. The van der Waals surface area contributed by atoms with Crippen molar-refractivity contribution in [1.29, 1.82) is 0 Å². The Bertz CT molecular complexity index is 513. The predicted octanol–water partition coefficient (Wildman–Crippen LogP) is 1.97. The van der Waals surface area contributed by atoms with Gasteiger partial charge in [-0.2, -0.15) is 0 Å². The Balaban J connectivity index is 2.24. The maximum absolute atomic E-state index is 10.7. The summed E-state index contributed by atoms with van der Waals surface area (Å²) in [7, 11) is 0. The molecule has 2 aromatic rings. The molecule has 1 aromatic carbocycles. The molecule has 0 radical (unpaired) electrons. The molecule has 82 valence electrons. The van der Waals surface area contributed by atoms with Crippen LogP contribution in [0.25, 0.3) is 0 Å². The number of aromatic carboxylic acids is 1. The molecule has 0 saturated heterocycles. The molecule has 7 heteroatoms. The van der Waals surface area contributed by atoms with E-state index < -0.39 is 5.97 Å². The molecular weight excluding hydrogens is 246 g/mol. The van der Waals surface area contributed by atoms with Crippen molar-refractivity contribution in [2.24, 2.45) is 0 Å². The number of aromatic nitrogens is 2. The number of carboxylic acid groups (broad SMARTS) is 1. The second kappa shape index (κ2) is 4.50. The lowest BCUT2D eigenvalue weighted by molar-refractivity contribution is 0.0698. The van der Waals surface area contributed by atoms with Crippen molar-refractivity contribution < 1.29 is 9.90 Å². The van der Waals surface area contributed by atoms with E-state index in [-0.39, 0.29) is 11.3 Å². The summed E-state index contributed by atoms with van der Waals surface area (Å²) in [6, 6.07) is 4.81. The number of anilines is 1. The lowest BCUT2D eigenvalue weighted by atomic mass is 10.2. The van der Waals surface area contributed by atoms with Gasteiger partial charge in [-0.1, -0.05) is 23.1 Å². The maximum atomic E-state index is 10.7. The molecule has 3 N–H and O–H groups in total. The fourth-order valence-corrected chi connectivity index (χ4v) is 2.61. The second-order valence-corrected chi connectivity index (χ2v) is 5.01. The van der Waals surface area contributed by atoms with Gasteiger partial charge < -0.3 is 10.8 Å². The largest absolute Gasteiger partial charge is 0.478 e. The number of hydrogen-bond donors (Lipinski definition) is 2. The maximum Gasteiger partial charge on any atom is 0.337 e. The third-order valence-corrected chi connectivity index (χ3v) is 3.57. The molecule has 0 unspecified atom stereocenters. The number of nitrogens with two attached hydrogens (primary N) is 1. The summed E-state index contributed by atoms with van der Waals surface area (Å²) in [5.74, 6) is -1.02. The van der Waals surface area contributed by atoms with E-state index in [0.29, 0.717) is 0 Å². The zero-order chi connectivity index (χ0) is 11.5. The number of carboxylic acids is 1. The van der Waals surface area contributed by atoms with E-state index in [1.807, 2.05) is 0 Å². The Morgan fingerprint density at radius 2 is 2.31 bits per heavy atom. The van der Waals surface area contributed by atoms with Gasteiger partial charge in [0.1, 0.15) is 5.51 Å². The lowest BCUT2D eigenvalue weighted by Gasteiger charge is -2.02. The van der Waals surface area contributed by atoms with E-state index in [1.54, 1.807) is 17.6 Å². The van der Waals surface area contributed by atoms with Crippen LogP contribution in [0.2, 0.25) is 0 Å². The molecular formula is C9H7N3O2S2. The first-order chi connectivity index (χ1) is 7.66. The first-order valence-electron chi connectivity index (χ1n) is 4.23. The summed E-state index contributed by atoms with van der Waals surface area (Å²) in [5, 5.41) is 16.4. The van der Waals surface area contributed by atoms with E-state index in [4.69, 9.17) is 10.8 Å². The average Bonchev–Trinajstić information content (AvgIpc) is 2.70. The summed E-state index contributed by atoms with van der Waals surface area (Å²) in [5.41, 5.74) is 7.63. The van der Waals surface area contributed by atoms with Crippen LogP contribution >= 0.6 is 23.1 Å². The molecule has 1 aromatic heterocycles. The smallest absolute Gasteiger partial charge is 0.337 e. The average molecular weight is 253 g/mol. The minimum atomic E-state index is -1.02. The molecule has 0 aliphatic rings. The minimum absolute atomic E-state index is 0.113. The first-order valence-corrected chi connectivity index (χ1v) is 5.93. The van der Waals surface area contributed by atoms with Gasteiger partial charge in [0.15, 0.2) is 4.34 Å². The van der Waals surface area contributed by atoms with E-state index in [0.717, 1.165) is 9.24 Å². The van der Waals surface area contributed by atoms with Crippen molar-refractivity contribution in [3.63, 3.8) is 0 Å². The van der Waals surface area contributed by atoms with Crippen LogP contribution in [0, 0.1) is 0 Å². The monoisotopic (exact) mass is 253 g/mol. The van der Waals surface area contributed by atoms with E-state index in [1.165, 1.54) is 29.2 Å². The molecule has 0 bridgehead atoms. The van der Waals surface area contributed by atoms with Crippen molar-refractivity contribution in [1.82, 2.24) is 10.2 Å². The van der Waals surface area contributed by atoms with Gasteiger partial charge in [0.2, 0.25) is 0 Å². The highest BCUT2D eigenvalue weighted by Crippen LogP contribution is 2.30. The number of carbonyl (C=O) groups is 1. The summed E-state index contributed by atoms with van der Waals surface area (Å²) < 4.78 is 0.794. The summed E-state index contributed by atoms with van der Waals surface area (Å²) in [4.78, 5) is 11.6. The molecule has 0 saturated carbocycles. The Morgan fingerprint density at radius 1 is 1.50 bits per heavy atom. The van der Waals surface area contributed by atoms with Gasteiger partial charge >= 0.3 is 5.97 Å². The van der Waals surface area contributed by atoms with Crippen LogP contribution in [0.4, 0.5) is 5.69 Å². The Hall–Kier alpha value is -1.60. The highest BCUT2D eigenvalue weighted by Gasteiger charge is 2.09. The molecule has 2 rings (SSSR count). The van der Waals surface area contributed by atoms with Crippen LogP contribution in [0.15, 0.2) is 32.9 Å². The third kappa shape index (κ3) is 2.31. The van der Waals surface area contributed by atoms with Crippen molar-refractivity contribution in [2.45, 2.75) is 9.24 Å². The van der Waals surface area contributed by atoms with Gasteiger partial charge in [0.25, 0.3) is 0 Å². The third-order valence-electron chi connectivity index (χ3n) is 1.80. The van der Waals surface area contributed by atoms with Crippen LogP contribution < -0.4 is 5.73 Å². The fraction of sp³-hybridized carbons (Fsp3) is 0. The normalized spacial score (nSPS) is 10.2. The second-order valence-electron chi connectivity index (χ2n) is 2.86. The minimum Gasteiger partial charge on any atom is -0.478 e. The number of hydrogen-bond acceptors (Lipinski definition) is 6. The molecule has 0 spiro atoms. The number of nitrogens with zero attached hydrogens (tertiary/aromatic N) is 2. The molecule has 0 atom stereocenters. The lowest BCUT2D eigenvalue weighted by Crippen LogP contribution is -2.01. The van der Waals surface area contributed by atoms with Crippen molar-refractivity contribution in [2.75, 3.05) is 5.73 Å². The number of nitrogen functional groups attached to an aromatic ring is 1. The van der Waals surface area contributed by atoms with Gasteiger partial charge in [-0.3, -0.25) is 0 Å². The van der Waals surface area contributed by atoms with Gasteiger partial charge in [-0.05, 0) is 18.2 Å². The van der Waals surface area contributed by atoms with Gasteiger partial charge in [-0.25, -0.2) is 4.79 Å². The SMILES string of the molecule is Nc1cc(Sc2nncs2)ccc1C(=O)O. The van der Waals surface area contributed by atoms with Crippen LogP contribution in [0.3, 0.4) is 0 Å². The zero-order valence-corrected chi connectivity index (χ0v) is 9.59. The highest BCUT2D eigenvalue weighted by molar-refractivity contribution is 8.01. The van der Waals surface area contributed by atoms with Crippen LogP contribution in [0.5, 0.6) is 0 Å². The molecule has 16 heavy (non-hydrogen) atoms. The van der Waals surface area contributed by atoms with Crippen LogP contribution in [0.1, 0.15) is 10.4 Å². The number of benzene rings is 1. The van der Waals surface area contributed by atoms with E-state index in [2.05, 4.69) is 10.2 Å². The molecule has 0 aliphatic carbocycles. The quantitative estimate of drug-likeness (QED) is 0.813. The first kappa shape index (κ1) is 10.9. The Labute approximate surface area is 99.3 Å². The van der Waals surface area contributed by atoms with Gasteiger partial charge in [0, 0.05) is 10.6 Å². The fourth-order valence-electron chi connectivity index (χ4n) is 1.11. The summed E-state index contributed by atoms with van der Waals surface area (Å²) in [6.07, 6.45) is 0. The van der Waals surface area contributed by atoms with Gasteiger partial charge in [-0.15, -0.1) is 10.2 Å².